The third kappa shape index (κ3) is 4.19. The summed E-state index contributed by atoms with van der Waals surface area (Å²) in [6, 6.07) is 14.9. The predicted molar refractivity (Wildman–Crippen MR) is 125 cm³/mol. The zero-order chi connectivity index (χ0) is 22.7. The van der Waals surface area contributed by atoms with Gasteiger partial charge in [-0.3, -0.25) is 9.89 Å². The van der Waals surface area contributed by atoms with Crippen LogP contribution in [0.1, 0.15) is 25.5 Å². The quantitative estimate of drug-likeness (QED) is 0.358. The number of hydrogen-bond acceptors (Lipinski definition) is 7. The van der Waals surface area contributed by atoms with Gasteiger partial charge < -0.3 is 9.47 Å². The third-order valence-corrected chi connectivity index (χ3v) is 5.69. The van der Waals surface area contributed by atoms with Crippen molar-refractivity contribution in [1.29, 1.82) is 0 Å². The number of thiazole rings is 1. The van der Waals surface area contributed by atoms with E-state index in [2.05, 4.69) is 20.3 Å². The fraction of sp³-hybridized carbons (Fsp3) is 0.217. The fourth-order valence-electron chi connectivity index (χ4n) is 3.18. The first-order valence-electron chi connectivity index (χ1n) is 10.0. The second kappa shape index (κ2) is 9.19. The van der Waals surface area contributed by atoms with Crippen molar-refractivity contribution in [2.75, 3.05) is 14.2 Å². The Labute approximate surface area is 189 Å². The maximum Gasteiger partial charge on any atom is 0.301 e. The maximum absolute atomic E-state index is 13.2. The highest BCUT2D eigenvalue weighted by Gasteiger charge is 2.20. The summed E-state index contributed by atoms with van der Waals surface area (Å²) in [4.78, 5) is 17.9. The van der Waals surface area contributed by atoms with Crippen LogP contribution in [0.25, 0.3) is 16.4 Å². The van der Waals surface area contributed by atoms with Crippen molar-refractivity contribution < 1.29 is 9.47 Å². The van der Waals surface area contributed by atoms with Crippen LogP contribution in [0, 0.1) is 0 Å². The topological polar surface area (TPSA) is 93.9 Å². The van der Waals surface area contributed by atoms with Crippen molar-refractivity contribution in [3.05, 3.63) is 70.0 Å². The van der Waals surface area contributed by atoms with Crippen LogP contribution >= 0.6 is 11.3 Å². The molecular weight excluding hydrogens is 426 g/mol. The summed E-state index contributed by atoms with van der Waals surface area (Å²) < 4.78 is 12.0. The molecule has 2 aromatic carbocycles. The number of aromatic amines is 1. The van der Waals surface area contributed by atoms with E-state index in [-0.39, 0.29) is 17.2 Å². The van der Waals surface area contributed by atoms with Gasteiger partial charge >= 0.3 is 5.56 Å². The van der Waals surface area contributed by atoms with Gasteiger partial charge in [0.05, 0.1) is 25.6 Å². The summed E-state index contributed by atoms with van der Waals surface area (Å²) in [6.07, 6.45) is 0. The lowest BCUT2D eigenvalue weighted by atomic mass is 10.1. The number of methoxy groups -OCH3 is 2. The Bertz CT molecular complexity index is 1320. The van der Waals surface area contributed by atoms with Crippen molar-refractivity contribution in [3.63, 3.8) is 0 Å². The summed E-state index contributed by atoms with van der Waals surface area (Å²) in [7, 11) is 3.19. The van der Waals surface area contributed by atoms with E-state index in [0.717, 1.165) is 17.0 Å². The summed E-state index contributed by atoms with van der Waals surface area (Å²) in [5.74, 6) is 1.37. The standard InChI is InChI=1S/C23H23N5O3S/c1-14(2)20-21(26-25-17-10-5-6-11-19(17)31-4)22(29)28(27-20)23-24-18(13-32-23)15-8-7-9-16(12-15)30-3/h5-14,27H,1-4H3. The zero-order valence-electron chi connectivity index (χ0n) is 18.2. The maximum atomic E-state index is 13.2. The van der Waals surface area contributed by atoms with Gasteiger partial charge in [0.15, 0.2) is 5.69 Å². The van der Waals surface area contributed by atoms with Gasteiger partial charge in [-0.2, -0.15) is 4.68 Å². The molecule has 0 saturated carbocycles. The smallest absolute Gasteiger partial charge is 0.301 e. The second-order valence-electron chi connectivity index (χ2n) is 7.29. The molecular formula is C23H23N5O3S. The van der Waals surface area contributed by atoms with Crippen LogP contribution in [-0.4, -0.2) is 29.0 Å². The van der Waals surface area contributed by atoms with Crippen molar-refractivity contribution in [2.24, 2.45) is 10.2 Å². The van der Waals surface area contributed by atoms with Gasteiger partial charge in [0.2, 0.25) is 5.13 Å². The summed E-state index contributed by atoms with van der Waals surface area (Å²) >= 11 is 1.37. The van der Waals surface area contributed by atoms with Crippen molar-refractivity contribution >= 4 is 22.7 Å². The van der Waals surface area contributed by atoms with E-state index in [1.54, 1.807) is 26.4 Å². The molecule has 1 N–H and O–H groups in total. The Kier molecular flexibility index (Phi) is 6.18. The van der Waals surface area contributed by atoms with Gasteiger partial charge in [0, 0.05) is 10.9 Å². The molecule has 0 aliphatic carbocycles. The molecule has 0 unspecified atom stereocenters. The van der Waals surface area contributed by atoms with Crippen LogP contribution in [0.5, 0.6) is 11.5 Å². The molecule has 0 fully saturated rings. The van der Waals surface area contributed by atoms with E-state index >= 15 is 0 Å². The summed E-state index contributed by atoms with van der Waals surface area (Å²) in [5, 5.41) is 14.1. The summed E-state index contributed by atoms with van der Waals surface area (Å²) in [5.41, 5.74) is 2.85. The van der Waals surface area contributed by atoms with Crippen LogP contribution in [0.4, 0.5) is 11.4 Å². The molecule has 0 spiro atoms. The number of nitrogens with one attached hydrogen (secondary N) is 1. The first kappa shape index (κ1) is 21.5. The lowest BCUT2D eigenvalue weighted by Crippen LogP contribution is -2.13. The van der Waals surface area contributed by atoms with Gasteiger partial charge in [0.25, 0.3) is 0 Å². The molecule has 8 nitrogen and oxygen atoms in total. The first-order valence-corrected chi connectivity index (χ1v) is 10.9. The Balaban J connectivity index is 1.73. The van der Waals surface area contributed by atoms with E-state index < -0.39 is 0 Å². The minimum absolute atomic E-state index is 0.0355. The molecule has 32 heavy (non-hydrogen) atoms. The monoisotopic (exact) mass is 449 g/mol. The number of ether oxygens (including phenoxy) is 2. The van der Waals surface area contributed by atoms with Crippen LogP contribution in [0.3, 0.4) is 0 Å². The van der Waals surface area contributed by atoms with Crippen molar-refractivity contribution in [2.45, 2.75) is 19.8 Å². The molecule has 0 aliphatic heterocycles. The highest BCUT2D eigenvalue weighted by Crippen LogP contribution is 2.31. The van der Waals surface area contributed by atoms with Gasteiger partial charge in [-0.05, 0) is 30.2 Å². The fourth-order valence-corrected chi connectivity index (χ4v) is 3.97. The number of benzene rings is 2. The van der Waals surface area contributed by atoms with Crippen LogP contribution in [0.2, 0.25) is 0 Å². The molecule has 0 amide bonds. The van der Waals surface area contributed by atoms with E-state index in [9.17, 15) is 4.79 Å². The van der Waals surface area contributed by atoms with E-state index in [0.29, 0.717) is 22.3 Å². The predicted octanol–water partition coefficient (Wildman–Crippen LogP) is 5.85. The SMILES string of the molecule is COc1cccc(-c2csc(-n3[nH]c(C(C)C)c(N=Nc4ccccc4OC)c3=O)n2)c1. The number of rotatable bonds is 7. The molecule has 9 heteroatoms. The van der Waals surface area contributed by atoms with Gasteiger partial charge in [-0.1, -0.05) is 38.1 Å². The zero-order valence-corrected chi connectivity index (χ0v) is 19.0. The van der Waals surface area contributed by atoms with Crippen LogP contribution < -0.4 is 15.0 Å². The average Bonchev–Trinajstić information content (AvgIpc) is 3.42. The van der Waals surface area contributed by atoms with Crippen LogP contribution in [-0.2, 0) is 0 Å². The second-order valence-corrected chi connectivity index (χ2v) is 8.13. The van der Waals surface area contributed by atoms with Crippen molar-refractivity contribution in [1.82, 2.24) is 14.8 Å². The number of para-hydroxylation sites is 1. The molecule has 0 radical (unpaired) electrons. The first-order chi connectivity index (χ1) is 15.5. The Morgan fingerprint density at radius 3 is 2.62 bits per heavy atom. The van der Waals surface area contributed by atoms with E-state index in [1.165, 1.54) is 16.0 Å². The van der Waals surface area contributed by atoms with Gasteiger partial charge in [0.1, 0.15) is 17.2 Å². The molecule has 0 bridgehead atoms. The highest BCUT2D eigenvalue weighted by atomic mass is 32.1. The minimum atomic E-state index is -0.307. The lowest BCUT2D eigenvalue weighted by molar-refractivity contribution is 0.415. The Morgan fingerprint density at radius 1 is 1.06 bits per heavy atom. The summed E-state index contributed by atoms with van der Waals surface area (Å²) in [6.45, 7) is 3.97. The van der Waals surface area contributed by atoms with Gasteiger partial charge in [-0.15, -0.1) is 21.6 Å². The Morgan fingerprint density at radius 2 is 1.88 bits per heavy atom. The molecule has 0 saturated heterocycles. The van der Waals surface area contributed by atoms with Gasteiger partial charge in [-0.25, -0.2) is 4.98 Å². The number of azo groups is 1. The Hall–Kier alpha value is -3.72. The number of aromatic nitrogens is 3. The number of nitrogens with zero attached hydrogens (tertiary/aromatic N) is 4. The third-order valence-electron chi connectivity index (χ3n) is 4.86. The largest absolute Gasteiger partial charge is 0.497 e. The highest BCUT2D eigenvalue weighted by molar-refractivity contribution is 7.12. The molecule has 0 atom stereocenters. The van der Waals surface area contributed by atoms with E-state index in [1.807, 2.05) is 55.6 Å². The number of H-pyrrole nitrogens is 1. The number of hydrogen-bond donors (Lipinski definition) is 1. The molecule has 4 rings (SSSR count). The van der Waals surface area contributed by atoms with Crippen LogP contribution in [0.15, 0.2) is 68.9 Å². The molecule has 164 valence electrons. The molecule has 2 heterocycles. The van der Waals surface area contributed by atoms with E-state index in [4.69, 9.17) is 9.47 Å². The lowest BCUT2D eigenvalue weighted by Gasteiger charge is -2.03. The molecule has 4 aromatic rings. The minimum Gasteiger partial charge on any atom is -0.497 e. The van der Waals surface area contributed by atoms with Crippen molar-refractivity contribution in [3.8, 4) is 27.9 Å². The molecule has 0 aliphatic rings. The molecule has 2 aromatic heterocycles. The normalized spacial score (nSPS) is 11.4. The average molecular weight is 450 g/mol.